The third kappa shape index (κ3) is 3.15. The van der Waals surface area contributed by atoms with E-state index in [4.69, 9.17) is 0 Å². The lowest BCUT2D eigenvalue weighted by Crippen LogP contribution is -2.52. The Kier molecular flexibility index (Phi) is 4.48. The quantitative estimate of drug-likeness (QED) is 0.905. The van der Waals surface area contributed by atoms with Gasteiger partial charge in [-0.1, -0.05) is 24.3 Å². The zero-order valence-corrected chi connectivity index (χ0v) is 13.7. The number of carbonyl (C=O) groups excluding carboxylic acids is 2. The first kappa shape index (κ1) is 15.7. The van der Waals surface area contributed by atoms with Crippen LogP contribution in [0.4, 0.5) is 0 Å². The SMILES string of the molecule is CC(=O)N1C=Cc2ccccc2C1CC(=O)N1CCNC[C@H]1C. The average molecular weight is 313 g/mol. The van der Waals surface area contributed by atoms with Gasteiger partial charge >= 0.3 is 0 Å². The number of nitrogens with zero attached hydrogens (tertiary/aromatic N) is 2. The van der Waals surface area contributed by atoms with E-state index in [-0.39, 0.29) is 23.9 Å². The molecule has 1 aromatic carbocycles. The van der Waals surface area contributed by atoms with Crippen molar-refractivity contribution in [2.24, 2.45) is 0 Å². The largest absolute Gasteiger partial charge is 0.337 e. The van der Waals surface area contributed by atoms with Gasteiger partial charge in [0.15, 0.2) is 0 Å². The molecule has 1 saturated heterocycles. The van der Waals surface area contributed by atoms with Crippen LogP contribution in [0.2, 0.25) is 0 Å². The Morgan fingerprint density at radius 3 is 2.83 bits per heavy atom. The first-order chi connectivity index (χ1) is 11.1. The fraction of sp³-hybridized carbons (Fsp3) is 0.444. The number of benzene rings is 1. The Labute approximate surface area is 137 Å². The second-order valence-corrected chi connectivity index (χ2v) is 6.23. The van der Waals surface area contributed by atoms with Crippen molar-refractivity contribution in [2.45, 2.75) is 32.4 Å². The van der Waals surface area contributed by atoms with Gasteiger partial charge in [0.05, 0.1) is 12.5 Å². The van der Waals surface area contributed by atoms with Crippen molar-refractivity contribution in [1.82, 2.24) is 15.1 Å². The molecule has 5 heteroatoms. The van der Waals surface area contributed by atoms with E-state index < -0.39 is 0 Å². The number of rotatable bonds is 2. The fourth-order valence-electron chi connectivity index (χ4n) is 3.41. The summed E-state index contributed by atoms with van der Waals surface area (Å²) in [5.74, 6) is 0.0715. The van der Waals surface area contributed by atoms with Crippen LogP contribution in [0.3, 0.4) is 0 Å². The average Bonchev–Trinajstić information content (AvgIpc) is 2.55. The lowest BCUT2D eigenvalue weighted by molar-refractivity contribution is -0.136. The van der Waals surface area contributed by atoms with Crippen molar-refractivity contribution in [2.75, 3.05) is 19.6 Å². The van der Waals surface area contributed by atoms with Crippen LogP contribution in [0.5, 0.6) is 0 Å². The van der Waals surface area contributed by atoms with E-state index in [1.807, 2.05) is 35.2 Å². The summed E-state index contributed by atoms with van der Waals surface area (Å²) in [6, 6.07) is 7.94. The summed E-state index contributed by atoms with van der Waals surface area (Å²) < 4.78 is 0. The zero-order chi connectivity index (χ0) is 16.4. The highest BCUT2D eigenvalue weighted by Crippen LogP contribution is 2.33. The van der Waals surface area contributed by atoms with Crippen molar-refractivity contribution < 1.29 is 9.59 Å². The van der Waals surface area contributed by atoms with Crippen molar-refractivity contribution in [3.05, 3.63) is 41.6 Å². The Balaban J connectivity index is 1.84. The van der Waals surface area contributed by atoms with Gasteiger partial charge in [-0.05, 0) is 24.1 Å². The van der Waals surface area contributed by atoms with Crippen molar-refractivity contribution in [3.8, 4) is 0 Å². The minimum atomic E-state index is -0.219. The first-order valence-corrected chi connectivity index (χ1v) is 8.14. The van der Waals surface area contributed by atoms with Gasteiger partial charge in [-0.25, -0.2) is 0 Å². The van der Waals surface area contributed by atoms with Crippen LogP contribution in [0.25, 0.3) is 6.08 Å². The predicted octanol–water partition coefficient (Wildman–Crippen LogP) is 1.77. The maximum absolute atomic E-state index is 12.8. The Morgan fingerprint density at radius 1 is 1.30 bits per heavy atom. The van der Waals surface area contributed by atoms with E-state index in [1.165, 1.54) is 0 Å². The topological polar surface area (TPSA) is 52.7 Å². The number of hydrogen-bond donors (Lipinski definition) is 1. The molecule has 0 saturated carbocycles. The van der Waals surface area contributed by atoms with Crippen molar-refractivity contribution >= 4 is 17.9 Å². The predicted molar refractivity (Wildman–Crippen MR) is 89.4 cm³/mol. The van der Waals surface area contributed by atoms with Crippen LogP contribution < -0.4 is 5.32 Å². The van der Waals surface area contributed by atoms with E-state index in [0.29, 0.717) is 6.42 Å². The zero-order valence-electron chi connectivity index (χ0n) is 13.7. The maximum atomic E-state index is 12.8. The highest BCUT2D eigenvalue weighted by atomic mass is 16.2. The van der Waals surface area contributed by atoms with Crippen LogP contribution in [0, 0.1) is 0 Å². The minimum absolute atomic E-state index is 0.0399. The molecule has 23 heavy (non-hydrogen) atoms. The summed E-state index contributed by atoms with van der Waals surface area (Å²) in [6.45, 7) is 5.98. The van der Waals surface area contributed by atoms with Crippen molar-refractivity contribution in [3.63, 3.8) is 0 Å². The van der Waals surface area contributed by atoms with Gasteiger partial charge in [0.2, 0.25) is 11.8 Å². The summed E-state index contributed by atoms with van der Waals surface area (Å²) >= 11 is 0. The lowest BCUT2D eigenvalue weighted by Gasteiger charge is -2.37. The van der Waals surface area contributed by atoms with E-state index >= 15 is 0 Å². The summed E-state index contributed by atoms with van der Waals surface area (Å²) in [4.78, 5) is 28.4. The molecule has 1 N–H and O–H groups in total. The van der Waals surface area contributed by atoms with E-state index in [9.17, 15) is 9.59 Å². The van der Waals surface area contributed by atoms with Gasteiger partial charge in [-0.3, -0.25) is 9.59 Å². The fourth-order valence-corrected chi connectivity index (χ4v) is 3.41. The standard InChI is InChI=1S/C18H23N3O2/c1-13-12-19-8-10-20(13)18(23)11-17-16-6-4-3-5-15(16)7-9-21(17)14(2)22/h3-7,9,13,17,19H,8,10-12H2,1-2H3/t13-,17?/m1/s1. The molecule has 1 fully saturated rings. The van der Waals surface area contributed by atoms with E-state index in [0.717, 1.165) is 30.8 Å². The number of carbonyl (C=O) groups is 2. The molecule has 0 aliphatic carbocycles. The van der Waals surface area contributed by atoms with Gasteiger partial charge in [0.25, 0.3) is 0 Å². The molecule has 1 unspecified atom stereocenters. The van der Waals surface area contributed by atoms with Crippen LogP contribution in [0.1, 0.15) is 37.4 Å². The molecule has 2 amide bonds. The van der Waals surface area contributed by atoms with E-state index in [1.54, 1.807) is 18.0 Å². The molecule has 1 aromatic rings. The van der Waals surface area contributed by atoms with Crippen LogP contribution in [-0.2, 0) is 9.59 Å². The number of hydrogen-bond acceptors (Lipinski definition) is 3. The summed E-state index contributed by atoms with van der Waals surface area (Å²) in [5, 5.41) is 3.30. The van der Waals surface area contributed by atoms with E-state index in [2.05, 4.69) is 12.2 Å². The summed E-state index contributed by atoms with van der Waals surface area (Å²) in [7, 11) is 0. The molecule has 0 spiro atoms. The first-order valence-electron chi connectivity index (χ1n) is 8.14. The number of piperazine rings is 1. The van der Waals surface area contributed by atoms with Crippen LogP contribution in [-0.4, -0.2) is 47.3 Å². The third-order valence-corrected chi connectivity index (χ3v) is 4.66. The molecule has 0 aromatic heterocycles. The van der Waals surface area contributed by atoms with Gasteiger partial charge < -0.3 is 15.1 Å². The second kappa shape index (κ2) is 6.54. The Morgan fingerprint density at radius 2 is 2.09 bits per heavy atom. The molecule has 5 nitrogen and oxygen atoms in total. The second-order valence-electron chi connectivity index (χ2n) is 6.23. The molecule has 3 rings (SSSR count). The van der Waals surface area contributed by atoms with Crippen molar-refractivity contribution in [1.29, 1.82) is 0 Å². The van der Waals surface area contributed by atoms with Crippen LogP contribution >= 0.6 is 0 Å². The molecular weight excluding hydrogens is 290 g/mol. The number of nitrogens with one attached hydrogen (secondary N) is 1. The molecule has 122 valence electrons. The number of fused-ring (bicyclic) bond motifs is 1. The molecule has 0 bridgehead atoms. The normalized spacial score (nSPS) is 23.6. The minimum Gasteiger partial charge on any atom is -0.337 e. The summed E-state index contributed by atoms with van der Waals surface area (Å²) in [5.41, 5.74) is 2.12. The molecule has 0 radical (unpaired) electrons. The highest BCUT2D eigenvalue weighted by molar-refractivity contribution is 5.82. The number of amides is 2. The Hall–Kier alpha value is -2.14. The van der Waals surface area contributed by atoms with Gasteiger partial charge in [0.1, 0.15) is 0 Å². The lowest BCUT2D eigenvalue weighted by atomic mass is 9.93. The smallest absolute Gasteiger partial charge is 0.225 e. The van der Waals surface area contributed by atoms with Gasteiger partial charge in [0, 0.05) is 38.8 Å². The molecule has 2 aliphatic rings. The summed E-state index contributed by atoms with van der Waals surface area (Å²) in [6.07, 6.45) is 4.06. The van der Waals surface area contributed by atoms with Gasteiger partial charge in [-0.2, -0.15) is 0 Å². The molecule has 2 atom stereocenters. The Bertz CT molecular complexity index is 641. The van der Waals surface area contributed by atoms with Crippen LogP contribution in [0.15, 0.2) is 30.5 Å². The third-order valence-electron chi connectivity index (χ3n) is 4.66. The molecule has 2 heterocycles. The molecule has 2 aliphatic heterocycles. The maximum Gasteiger partial charge on any atom is 0.225 e. The highest BCUT2D eigenvalue weighted by Gasteiger charge is 2.31. The molecular formula is C18H23N3O2. The monoisotopic (exact) mass is 313 g/mol. The van der Waals surface area contributed by atoms with Gasteiger partial charge in [-0.15, -0.1) is 0 Å².